The van der Waals surface area contributed by atoms with Crippen LogP contribution < -0.4 is 10.0 Å². The Labute approximate surface area is 178 Å². The Bertz CT molecular complexity index is 770. The van der Waals surface area contributed by atoms with E-state index in [9.17, 15) is 8.42 Å². The molecule has 0 saturated carbocycles. The lowest BCUT2D eigenvalue weighted by Crippen LogP contribution is -2.72. The number of likely N-dealkylation sites (tertiary alicyclic amines) is 1. The molecule has 0 amide bonds. The summed E-state index contributed by atoms with van der Waals surface area (Å²) < 4.78 is 27.5. The van der Waals surface area contributed by atoms with Gasteiger partial charge in [0.1, 0.15) is 0 Å². The molecule has 9 heteroatoms. The van der Waals surface area contributed by atoms with Crippen LogP contribution in [0.3, 0.4) is 0 Å². The zero-order valence-electron chi connectivity index (χ0n) is 16.6. The van der Waals surface area contributed by atoms with Crippen molar-refractivity contribution in [2.24, 2.45) is 10.4 Å². The number of nitrogens with zero attached hydrogens (tertiary/aromatic N) is 2. The maximum absolute atomic E-state index is 12.4. The van der Waals surface area contributed by atoms with E-state index in [-0.39, 0.29) is 34.9 Å². The van der Waals surface area contributed by atoms with Gasteiger partial charge in [0.2, 0.25) is 10.0 Å². The van der Waals surface area contributed by atoms with Crippen molar-refractivity contribution in [3.8, 4) is 0 Å². The summed E-state index contributed by atoms with van der Waals surface area (Å²) in [6.45, 7) is 14.4. The molecule has 0 spiro atoms. The topological polar surface area (TPSA) is 73.8 Å². The van der Waals surface area contributed by atoms with Gasteiger partial charge in [-0.2, -0.15) is 0 Å². The largest absolute Gasteiger partial charge is 0.355 e. The van der Waals surface area contributed by atoms with Gasteiger partial charge in [-0.25, -0.2) is 13.1 Å². The second kappa shape index (κ2) is 8.32. The van der Waals surface area contributed by atoms with Crippen LogP contribution >= 0.6 is 35.3 Å². The first-order chi connectivity index (χ1) is 11.4. The molecule has 2 rings (SSSR count). The predicted octanol–water partition coefficient (Wildman–Crippen LogP) is 2.96. The standard InChI is InChI=1S/C17H30N4O2S2.HI/c1-12-10-14(13(2)24-12)25(22,23)20-9-8-19-15(18-7)21-11-16(3,4)17(21,5)6;/h10,20H,8-9,11H2,1-7H3,(H,18,19);1H. The highest BCUT2D eigenvalue weighted by atomic mass is 127. The highest BCUT2D eigenvalue weighted by Crippen LogP contribution is 2.46. The van der Waals surface area contributed by atoms with Gasteiger partial charge in [-0.05, 0) is 33.8 Å². The fraction of sp³-hybridized carbons (Fsp3) is 0.706. The van der Waals surface area contributed by atoms with Crippen LogP contribution in [-0.2, 0) is 10.0 Å². The molecule has 2 N–H and O–H groups in total. The Morgan fingerprint density at radius 2 is 1.88 bits per heavy atom. The number of halogens is 1. The third-order valence-electron chi connectivity index (χ3n) is 5.34. The number of hydrogen-bond donors (Lipinski definition) is 2. The minimum absolute atomic E-state index is 0. The number of rotatable bonds is 5. The molecule has 0 radical (unpaired) electrons. The number of sulfonamides is 1. The predicted molar refractivity (Wildman–Crippen MR) is 120 cm³/mol. The second-order valence-electron chi connectivity index (χ2n) is 7.68. The van der Waals surface area contributed by atoms with E-state index in [0.717, 1.165) is 22.3 Å². The molecule has 26 heavy (non-hydrogen) atoms. The number of guanidine groups is 1. The molecular weight excluding hydrogens is 483 g/mol. The van der Waals surface area contributed by atoms with Crippen molar-refractivity contribution in [1.82, 2.24) is 14.9 Å². The van der Waals surface area contributed by atoms with E-state index in [2.05, 4.69) is 47.6 Å². The Kier molecular flexibility index (Phi) is 7.57. The fourth-order valence-electron chi connectivity index (χ4n) is 3.01. The SMILES string of the molecule is CN=C(NCCNS(=O)(=O)c1cc(C)sc1C)N1CC(C)(C)C1(C)C.I. The van der Waals surface area contributed by atoms with Crippen molar-refractivity contribution in [3.05, 3.63) is 15.8 Å². The minimum atomic E-state index is -3.46. The molecule has 0 bridgehead atoms. The average molecular weight is 514 g/mol. The number of aryl methyl sites for hydroxylation is 2. The first-order valence-electron chi connectivity index (χ1n) is 8.47. The van der Waals surface area contributed by atoms with E-state index >= 15 is 0 Å². The van der Waals surface area contributed by atoms with Gasteiger partial charge in [-0.15, -0.1) is 35.3 Å². The van der Waals surface area contributed by atoms with Crippen molar-refractivity contribution in [1.29, 1.82) is 0 Å². The van der Waals surface area contributed by atoms with E-state index in [0.29, 0.717) is 18.0 Å². The monoisotopic (exact) mass is 514 g/mol. The van der Waals surface area contributed by atoms with Gasteiger partial charge in [0.05, 0.1) is 4.90 Å². The highest BCUT2D eigenvalue weighted by molar-refractivity contribution is 14.0. The van der Waals surface area contributed by atoms with Crippen LogP contribution in [0.2, 0.25) is 0 Å². The quantitative estimate of drug-likeness (QED) is 0.274. The summed E-state index contributed by atoms with van der Waals surface area (Å²) in [5, 5.41) is 3.26. The number of nitrogens with one attached hydrogen (secondary N) is 2. The van der Waals surface area contributed by atoms with Crippen LogP contribution in [0.1, 0.15) is 37.4 Å². The van der Waals surface area contributed by atoms with Gasteiger partial charge in [-0.3, -0.25) is 4.99 Å². The lowest BCUT2D eigenvalue weighted by atomic mass is 9.65. The van der Waals surface area contributed by atoms with E-state index in [1.165, 1.54) is 11.3 Å². The second-order valence-corrected chi connectivity index (χ2v) is 10.9. The Balaban J connectivity index is 0.00000338. The number of hydrogen-bond acceptors (Lipinski definition) is 4. The molecule has 1 aromatic rings. The Hall–Kier alpha value is -0.390. The molecule has 0 atom stereocenters. The van der Waals surface area contributed by atoms with Crippen LogP contribution in [0.25, 0.3) is 0 Å². The molecule has 1 aliphatic rings. The molecule has 6 nitrogen and oxygen atoms in total. The summed E-state index contributed by atoms with van der Waals surface area (Å²) in [6, 6.07) is 1.72. The van der Waals surface area contributed by atoms with Gasteiger partial charge < -0.3 is 10.2 Å². The molecule has 1 aromatic heterocycles. The average Bonchev–Trinajstić information content (AvgIpc) is 2.85. The summed E-state index contributed by atoms with van der Waals surface area (Å²) in [5.74, 6) is 0.811. The molecule has 1 fully saturated rings. The van der Waals surface area contributed by atoms with Crippen LogP contribution in [0.5, 0.6) is 0 Å². The van der Waals surface area contributed by atoms with Crippen molar-refractivity contribution in [3.63, 3.8) is 0 Å². The lowest BCUT2D eigenvalue weighted by molar-refractivity contribution is -0.0666. The third-order valence-corrected chi connectivity index (χ3v) is 8.02. The summed E-state index contributed by atoms with van der Waals surface area (Å²) in [7, 11) is -1.71. The molecule has 1 saturated heterocycles. The van der Waals surface area contributed by atoms with Gasteiger partial charge in [0, 0.05) is 47.4 Å². The Morgan fingerprint density at radius 1 is 1.27 bits per heavy atom. The molecular formula is C17H31IN4O2S2. The van der Waals surface area contributed by atoms with Crippen molar-refractivity contribution >= 4 is 51.3 Å². The molecule has 1 aliphatic heterocycles. The van der Waals surface area contributed by atoms with E-state index in [1.807, 2.05) is 13.8 Å². The van der Waals surface area contributed by atoms with Crippen LogP contribution in [-0.4, -0.2) is 51.5 Å². The molecule has 0 aliphatic carbocycles. The normalized spacial score (nSPS) is 18.9. The number of aliphatic imine (C=N–C) groups is 1. The maximum Gasteiger partial charge on any atom is 0.241 e. The molecule has 2 heterocycles. The van der Waals surface area contributed by atoms with Gasteiger partial charge in [-0.1, -0.05) is 13.8 Å². The first kappa shape index (κ1) is 23.6. The van der Waals surface area contributed by atoms with Gasteiger partial charge in [0.15, 0.2) is 5.96 Å². The van der Waals surface area contributed by atoms with Gasteiger partial charge >= 0.3 is 0 Å². The smallest absolute Gasteiger partial charge is 0.241 e. The highest BCUT2D eigenvalue weighted by Gasteiger charge is 2.53. The molecule has 0 aromatic carbocycles. The van der Waals surface area contributed by atoms with E-state index in [1.54, 1.807) is 13.1 Å². The third kappa shape index (κ3) is 4.53. The van der Waals surface area contributed by atoms with Crippen molar-refractivity contribution in [2.75, 3.05) is 26.7 Å². The zero-order valence-corrected chi connectivity index (χ0v) is 20.6. The van der Waals surface area contributed by atoms with Crippen molar-refractivity contribution < 1.29 is 8.42 Å². The lowest BCUT2D eigenvalue weighted by Gasteiger charge is -2.62. The molecule has 150 valence electrons. The summed E-state index contributed by atoms with van der Waals surface area (Å²) in [6.07, 6.45) is 0. The van der Waals surface area contributed by atoms with Crippen molar-refractivity contribution in [2.45, 2.75) is 52.0 Å². The van der Waals surface area contributed by atoms with Crippen LogP contribution in [0.15, 0.2) is 16.0 Å². The fourth-order valence-corrected chi connectivity index (χ4v) is 5.59. The summed E-state index contributed by atoms with van der Waals surface area (Å²) in [4.78, 5) is 8.76. The minimum Gasteiger partial charge on any atom is -0.355 e. The summed E-state index contributed by atoms with van der Waals surface area (Å²) in [5.41, 5.74) is 0.236. The Morgan fingerprint density at radius 3 is 2.31 bits per heavy atom. The number of thiophene rings is 1. The summed E-state index contributed by atoms with van der Waals surface area (Å²) >= 11 is 1.50. The molecule has 0 unspecified atom stereocenters. The van der Waals surface area contributed by atoms with Crippen LogP contribution in [0, 0.1) is 19.3 Å². The van der Waals surface area contributed by atoms with Crippen LogP contribution in [0.4, 0.5) is 0 Å². The first-order valence-corrected chi connectivity index (χ1v) is 10.8. The zero-order chi connectivity index (χ0) is 19.0. The maximum atomic E-state index is 12.4. The van der Waals surface area contributed by atoms with E-state index < -0.39 is 10.0 Å². The van der Waals surface area contributed by atoms with Gasteiger partial charge in [0.25, 0.3) is 0 Å². The van der Waals surface area contributed by atoms with E-state index in [4.69, 9.17) is 0 Å².